The second-order valence-corrected chi connectivity index (χ2v) is 4.93. The van der Waals surface area contributed by atoms with Gasteiger partial charge in [0.15, 0.2) is 0 Å². The predicted molar refractivity (Wildman–Crippen MR) is 74.9 cm³/mol. The normalized spacial score (nSPS) is 18.7. The molecular formula is C16H15NO2. The number of hydrogen-bond acceptors (Lipinski definition) is 2. The highest BCUT2D eigenvalue weighted by Crippen LogP contribution is 2.26. The first-order chi connectivity index (χ1) is 9.25. The Morgan fingerprint density at radius 1 is 1.11 bits per heavy atom. The van der Waals surface area contributed by atoms with Crippen LogP contribution >= 0.6 is 0 Å². The molecule has 0 aromatic heterocycles. The zero-order valence-corrected chi connectivity index (χ0v) is 10.6. The molecule has 1 aliphatic carbocycles. The number of amides is 1. The Bertz CT molecular complexity index is 643. The Kier molecular flexibility index (Phi) is 3.03. The van der Waals surface area contributed by atoms with E-state index in [0.717, 1.165) is 22.9 Å². The number of rotatable bonds is 2. The molecule has 3 rings (SSSR count). The maximum atomic E-state index is 12.1. The average molecular weight is 253 g/mol. The number of hydrogen-bond donors (Lipinski definition) is 1. The molecule has 0 unspecified atom stereocenters. The molecule has 1 fully saturated rings. The van der Waals surface area contributed by atoms with Crippen LogP contribution in [0.15, 0.2) is 42.5 Å². The predicted octanol–water partition coefficient (Wildman–Crippen LogP) is 3.15. The summed E-state index contributed by atoms with van der Waals surface area (Å²) in [5.74, 6) is -0.560. The Morgan fingerprint density at radius 2 is 1.89 bits per heavy atom. The Labute approximate surface area is 111 Å². The minimum Gasteiger partial charge on any atom is -0.325 e. The van der Waals surface area contributed by atoms with Crippen LogP contribution < -0.4 is 5.32 Å². The highest BCUT2D eigenvalue weighted by Gasteiger charge is 2.30. The number of anilines is 1. The molecule has 0 aliphatic heterocycles. The van der Waals surface area contributed by atoms with Crippen LogP contribution in [0.2, 0.25) is 0 Å². The van der Waals surface area contributed by atoms with Crippen molar-refractivity contribution < 1.29 is 9.59 Å². The highest BCUT2D eigenvalue weighted by molar-refractivity contribution is 6.11. The number of carbonyl (C=O) groups excluding carboxylic acids is 2. The summed E-state index contributed by atoms with van der Waals surface area (Å²) >= 11 is 0. The van der Waals surface area contributed by atoms with Crippen molar-refractivity contribution in [3.05, 3.63) is 42.5 Å². The van der Waals surface area contributed by atoms with Gasteiger partial charge in [-0.2, -0.15) is 0 Å². The molecule has 0 heterocycles. The molecule has 0 radical (unpaired) electrons. The quantitative estimate of drug-likeness (QED) is 0.836. The molecule has 0 bridgehead atoms. The van der Waals surface area contributed by atoms with Crippen LogP contribution in [0.25, 0.3) is 10.8 Å². The zero-order chi connectivity index (χ0) is 13.2. The Morgan fingerprint density at radius 3 is 2.68 bits per heavy atom. The van der Waals surface area contributed by atoms with Crippen molar-refractivity contribution >= 4 is 28.2 Å². The van der Waals surface area contributed by atoms with Crippen LogP contribution in [0.5, 0.6) is 0 Å². The molecule has 1 amide bonds. The fraction of sp³-hybridized carbons (Fsp3) is 0.250. The van der Waals surface area contributed by atoms with E-state index in [1.165, 1.54) is 0 Å². The lowest BCUT2D eigenvalue weighted by Crippen LogP contribution is -2.25. The minimum absolute atomic E-state index is 0.0673. The summed E-state index contributed by atoms with van der Waals surface area (Å²) < 4.78 is 0. The van der Waals surface area contributed by atoms with Crippen LogP contribution in [0.3, 0.4) is 0 Å². The lowest BCUT2D eigenvalue weighted by atomic mass is 10.1. The molecule has 0 spiro atoms. The number of nitrogens with one attached hydrogen (secondary N) is 1. The van der Waals surface area contributed by atoms with Crippen molar-refractivity contribution in [3.8, 4) is 0 Å². The molecule has 3 heteroatoms. The smallest absolute Gasteiger partial charge is 0.234 e. The number of fused-ring (bicyclic) bond motifs is 1. The number of Topliss-reactive ketones (excluding diaryl/α,β-unsaturated/α-hetero) is 1. The van der Waals surface area contributed by atoms with Gasteiger partial charge in [-0.1, -0.05) is 36.4 Å². The van der Waals surface area contributed by atoms with Gasteiger partial charge in [0.25, 0.3) is 0 Å². The van der Waals surface area contributed by atoms with Gasteiger partial charge in [0, 0.05) is 17.5 Å². The fourth-order valence-corrected chi connectivity index (χ4v) is 2.65. The largest absolute Gasteiger partial charge is 0.325 e. The van der Waals surface area contributed by atoms with E-state index in [4.69, 9.17) is 0 Å². The van der Waals surface area contributed by atoms with E-state index >= 15 is 0 Å². The minimum atomic E-state index is -0.459. The van der Waals surface area contributed by atoms with E-state index in [9.17, 15) is 9.59 Å². The summed E-state index contributed by atoms with van der Waals surface area (Å²) in [6.07, 6.45) is 2.04. The monoisotopic (exact) mass is 253 g/mol. The average Bonchev–Trinajstić information content (AvgIpc) is 2.85. The molecular weight excluding hydrogens is 238 g/mol. The second-order valence-electron chi connectivity index (χ2n) is 4.93. The molecule has 3 nitrogen and oxygen atoms in total. The molecule has 19 heavy (non-hydrogen) atoms. The van der Waals surface area contributed by atoms with Gasteiger partial charge in [-0.05, 0) is 24.3 Å². The van der Waals surface area contributed by atoms with E-state index in [-0.39, 0.29) is 11.7 Å². The summed E-state index contributed by atoms with van der Waals surface area (Å²) in [6, 6.07) is 13.7. The molecule has 1 N–H and O–H groups in total. The summed E-state index contributed by atoms with van der Waals surface area (Å²) in [4.78, 5) is 23.7. The van der Waals surface area contributed by atoms with Gasteiger partial charge < -0.3 is 5.32 Å². The molecule has 1 atom stereocenters. The number of benzene rings is 2. The van der Waals surface area contributed by atoms with Gasteiger partial charge >= 0.3 is 0 Å². The molecule has 96 valence electrons. The summed E-state index contributed by atoms with van der Waals surface area (Å²) in [6.45, 7) is 0. The van der Waals surface area contributed by atoms with E-state index < -0.39 is 5.92 Å². The molecule has 1 aliphatic rings. The van der Waals surface area contributed by atoms with Crippen molar-refractivity contribution in [1.82, 2.24) is 0 Å². The van der Waals surface area contributed by atoms with Gasteiger partial charge in [-0.25, -0.2) is 0 Å². The third-order valence-corrected chi connectivity index (χ3v) is 3.67. The van der Waals surface area contributed by atoms with Crippen LogP contribution in [-0.4, -0.2) is 11.7 Å². The van der Waals surface area contributed by atoms with Gasteiger partial charge in [0.2, 0.25) is 5.91 Å². The van der Waals surface area contributed by atoms with Crippen LogP contribution in [0.1, 0.15) is 19.3 Å². The number of ketones is 1. The summed E-state index contributed by atoms with van der Waals surface area (Å²) in [7, 11) is 0. The van der Waals surface area contributed by atoms with Gasteiger partial charge in [-0.15, -0.1) is 0 Å². The topological polar surface area (TPSA) is 46.2 Å². The van der Waals surface area contributed by atoms with Crippen molar-refractivity contribution in [2.75, 3.05) is 5.32 Å². The van der Waals surface area contributed by atoms with Crippen LogP contribution in [-0.2, 0) is 9.59 Å². The first-order valence-electron chi connectivity index (χ1n) is 6.57. The lowest BCUT2D eigenvalue weighted by molar-refractivity contribution is -0.129. The summed E-state index contributed by atoms with van der Waals surface area (Å²) in [5, 5.41) is 4.98. The van der Waals surface area contributed by atoms with Crippen molar-refractivity contribution in [1.29, 1.82) is 0 Å². The molecule has 1 saturated carbocycles. The third kappa shape index (κ3) is 2.24. The van der Waals surface area contributed by atoms with E-state index in [0.29, 0.717) is 12.8 Å². The lowest BCUT2D eigenvalue weighted by Gasteiger charge is -2.11. The second kappa shape index (κ2) is 4.84. The van der Waals surface area contributed by atoms with Gasteiger partial charge in [-0.3, -0.25) is 9.59 Å². The van der Waals surface area contributed by atoms with Crippen molar-refractivity contribution in [3.63, 3.8) is 0 Å². The highest BCUT2D eigenvalue weighted by atomic mass is 16.2. The van der Waals surface area contributed by atoms with Crippen molar-refractivity contribution in [2.45, 2.75) is 19.3 Å². The third-order valence-electron chi connectivity index (χ3n) is 3.67. The standard InChI is InChI=1S/C16H15NO2/c18-15-10-4-8-13(15)16(19)17-14-9-3-6-11-5-1-2-7-12(11)14/h1-3,5-7,9,13H,4,8,10H2,(H,17,19)/t13-/m1/s1. The zero-order valence-electron chi connectivity index (χ0n) is 10.6. The van der Waals surface area contributed by atoms with Gasteiger partial charge in [0.1, 0.15) is 5.78 Å². The van der Waals surface area contributed by atoms with Gasteiger partial charge in [0.05, 0.1) is 5.92 Å². The van der Waals surface area contributed by atoms with Crippen LogP contribution in [0.4, 0.5) is 5.69 Å². The first kappa shape index (κ1) is 11.9. The van der Waals surface area contributed by atoms with E-state index in [1.54, 1.807) is 0 Å². The van der Waals surface area contributed by atoms with E-state index in [2.05, 4.69) is 5.32 Å². The number of carbonyl (C=O) groups is 2. The van der Waals surface area contributed by atoms with Crippen molar-refractivity contribution in [2.24, 2.45) is 5.92 Å². The van der Waals surface area contributed by atoms with Crippen LogP contribution in [0, 0.1) is 5.92 Å². The fourth-order valence-electron chi connectivity index (χ4n) is 2.65. The maximum Gasteiger partial charge on any atom is 0.234 e. The molecule has 2 aromatic rings. The summed E-state index contributed by atoms with van der Waals surface area (Å²) in [5.41, 5.74) is 0.780. The first-order valence-corrected chi connectivity index (χ1v) is 6.57. The maximum absolute atomic E-state index is 12.1. The molecule has 2 aromatic carbocycles. The van der Waals surface area contributed by atoms with E-state index in [1.807, 2.05) is 42.5 Å². The SMILES string of the molecule is O=C1CCC[C@H]1C(=O)Nc1cccc2ccccc12. The Balaban J connectivity index is 1.89. The molecule has 0 saturated heterocycles. The Hall–Kier alpha value is -2.16.